The van der Waals surface area contributed by atoms with E-state index in [-0.39, 0.29) is 6.04 Å². The lowest BCUT2D eigenvalue weighted by atomic mass is 10.1. The summed E-state index contributed by atoms with van der Waals surface area (Å²) in [5.74, 6) is 0.819. The third kappa shape index (κ3) is 1.59. The molecule has 3 rings (SSSR count). The Morgan fingerprint density at radius 3 is 2.89 bits per heavy atom. The Hall–Kier alpha value is -1.88. The van der Waals surface area contributed by atoms with E-state index in [1.54, 1.807) is 6.26 Å². The normalized spacial score (nSPS) is 11.5. The maximum Gasteiger partial charge on any atom is 0.195 e. The van der Waals surface area contributed by atoms with Crippen molar-refractivity contribution in [3.8, 4) is 11.4 Å². The summed E-state index contributed by atoms with van der Waals surface area (Å²) in [6.07, 6.45) is 1.73. The smallest absolute Gasteiger partial charge is 0.195 e. The SMILES string of the molecule is CC(C)n1c(-c2coc3ccccc23)n[nH]c1=S. The number of fused-ring (bicyclic) bond motifs is 1. The molecule has 92 valence electrons. The summed E-state index contributed by atoms with van der Waals surface area (Å²) in [7, 11) is 0. The Bertz CT molecular complexity index is 751. The number of aromatic nitrogens is 3. The first-order valence-corrected chi connectivity index (χ1v) is 6.23. The van der Waals surface area contributed by atoms with Crippen LogP contribution in [-0.4, -0.2) is 14.8 Å². The fraction of sp³-hybridized carbons (Fsp3) is 0.231. The van der Waals surface area contributed by atoms with Crippen molar-refractivity contribution in [1.82, 2.24) is 14.8 Å². The molecule has 18 heavy (non-hydrogen) atoms. The number of nitrogens with one attached hydrogen (secondary N) is 1. The molecule has 3 aromatic rings. The predicted octanol–water partition coefficient (Wildman–Crippen LogP) is 3.93. The molecule has 2 aromatic heterocycles. The highest BCUT2D eigenvalue weighted by Gasteiger charge is 2.16. The minimum atomic E-state index is 0.250. The van der Waals surface area contributed by atoms with E-state index in [1.165, 1.54) is 0 Å². The Kier molecular flexibility index (Phi) is 2.56. The molecule has 0 saturated heterocycles. The minimum absolute atomic E-state index is 0.250. The number of furan rings is 1. The molecule has 0 amide bonds. The van der Waals surface area contributed by atoms with E-state index in [1.807, 2.05) is 28.8 Å². The van der Waals surface area contributed by atoms with Crippen molar-refractivity contribution in [3.05, 3.63) is 35.3 Å². The molecule has 0 aliphatic carbocycles. The van der Waals surface area contributed by atoms with Gasteiger partial charge in [0.25, 0.3) is 0 Å². The lowest BCUT2D eigenvalue weighted by molar-refractivity contribution is 0.593. The Balaban J connectivity index is 2.30. The summed E-state index contributed by atoms with van der Waals surface area (Å²) < 4.78 is 8.17. The van der Waals surface area contributed by atoms with Crippen LogP contribution < -0.4 is 0 Å². The van der Waals surface area contributed by atoms with Crippen LogP contribution in [0.5, 0.6) is 0 Å². The average Bonchev–Trinajstić information content (AvgIpc) is 2.92. The van der Waals surface area contributed by atoms with Crippen molar-refractivity contribution >= 4 is 23.2 Å². The van der Waals surface area contributed by atoms with Gasteiger partial charge < -0.3 is 4.42 Å². The first-order valence-electron chi connectivity index (χ1n) is 5.82. The van der Waals surface area contributed by atoms with E-state index in [2.05, 4.69) is 24.0 Å². The molecule has 0 spiro atoms. The van der Waals surface area contributed by atoms with Crippen molar-refractivity contribution in [1.29, 1.82) is 0 Å². The summed E-state index contributed by atoms with van der Waals surface area (Å²) in [6.45, 7) is 4.16. The highest BCUT2D eigenvalue weighted by molar-refractivity contribution is 7.71. The van der Waals surface area contributed by atoms with Gasteiger partial charge in [-0.05, 0) is 32.1 Å². The second-order valence-corrected chi connectivity index (χ2v) is 4.85. The number of nitrogens with zero attached hydrogens (tertiary/aromatic N) is 2. The van der Waals surface area contributed by atoms with Crippen LogP contribution in [0.1, 0.15) is 19.9 Å². The number of para-hydroxylation sites is 1. The summed E-state index contributed by atoms with van der Waals surface area (Å²) in [4.78, 5) is 0. The molecule has 0 fully saturated rings. The Labute approximate surface area is 109 Å². The lowest BCUT2D eigenvalue weighted by Crippen LogP contribution is -2.02. The molecule has 4 nitrogen and oxygen atoms in total. The van der Waals surface area contributed by atoms with E-state index in [0.717, 1.165) is 22.4 Å². The van der Waals surface area contributed by atoms with Crippen LogP contribution in [0, 0.1) is 4.77 Å². The largest absolute Gasteiger partial charge is 0.464 e. The number of H-pyrrole nitrogens is 1. The van der Waals surface area contributed by atoms with Gasteiger partial charge >= 0.3 is 0 Å². The van der Waals surface area contributed by atoms with Crippen molar-refractivity contribution in [2.75, 3.05) is 0 Å². The average molecular weight is 259 g/mol. The van der Waals surface area contributed by atoms with Crippen molar-refractivity contribution < 1.29 is 4.42 Å². The second kappa shape index (κ2) is 4.10. The standard InChI is InChI=1S/C13H13N3OS/c1-8(2)16-12(14-15-13(16)18)10-7-17-11-6-4-3-5-9(10)11/h3-8H,1-2H3,(H,15,18). The highest BCUT2D eigenvalue weighted by atomic mass is 32.1. The molecular formula is C13H13N3OS. The van der Waals surface area contributed by atoms with Crippen LogP contribution >= 0.6 is 12.2 Å². The van der Waals surface area contributed by atoms with Gasteiger partial charge in [0, 0.05) is 11.4 Å². The quantitative estimate of drug-likeness (QED) is 0.709. The van der Waals surface area contributed by atoms with Crippen LogP contribution in [0.4, 0.5) is 0 Å². The number of hydrogen-bond donors (Lipinski definition) is 1. The van der Waals surface area contributed by atoms with Gasteiger partial charge in [-0.15, -0.1) is 0 Å². The molecule has 1 aromatic carbocycles. The van der Waals surface area contributed by atoms with Crippen molar-refractivity contribution in [3.63, 3.8) is 0 Å². The van der Waals surface area contributed by atoms with Crippen LogP contribution in [-0.2, 0) is 0 Å². The molecule has 0 aliphatic rings. The molecule has 1 N–H and O–H groups in total. The molecule has 0 saturated carbocycles. The first-order chi connectivity index (χ1) is 8.68. The van der Waals surface area contributed by atoms with Gasteiger partial charge in [-0.2, -0.15) is 5.10 Å². The minimum Gasteiger partial charge on any atom is -0.464 e. The summed E-state index contributed by atoms with van der Waals surface area (Å²) >= 11 is 5.26. The fourth-order valence-electron chi connectivity index (χ4n) is 2.12. The molecule has 2 heterocycles. The van der Waals surface area contributed by atoms with E-state index in [0.29, 0.717) is 4.77 Å². The van der Waals surface area contributed by atoms with Gasteiger partial charge in [0.15, 0.2) is 10.6 Å². The monoisotopic (exact) mass is 259 g/mol. The summed E-state index contributed by atoms with van der Waals surface area (Å²) in [5.41, 5.74) is 1.82. The van der Waals surface area contributed by atoms with Crippen LogP contribution in [0.15, 0.2) is 34.9 Å². The van der Waals surface area contributed by atoms with Crippen LogP contribution in [0.2, 0.25) is 0 Å². The van der Waals surface area contributed by atoms with Gasteiger partial charge in [0.05, 0.1) is 5.56 Å². The van der Waals surface area contributed by atoms with Gasteiger partial charge in [-0.1, -0.05) is 18.2 Å². The molecule has 5 heteroatoms. The zero-order valence-corrected chi connectivity index (χ0v) is 11.0. The van der Waals surface area contributed by atoms with E-state index in [9.17, 15) is 0 Å². The second-order valence-electron chi connectivity index (χ2n) is 4.46. The molecular weight excluding hydrogens is 246 g/mol. The topological polar surface area (TPSA) is 46.8 Å². The van der Waals surface area contributed by atoms with Crippen LogP contribution in [0.3, 0.4) is 0 Å². The molecule has 0 aliphatic heterocycles. The third-order valence-electron chi connectivity index (χ3n) is 2.94. The Morgan fingerprint density at radius 1 is 1.33 bits per heavy atom. The third-order valence-corrected chi connectivity index (χ3v) is 3.23. The fourth-order valence-corrected chi connectivity index (χ4v) is 2.47. The number of aromatic amines is 1. The van der Waals surface area contributed by atoms with Gasteiger partial charge in [-0.3, -0.25) is 9.67 Å². The Morgan fingerprint density at radius 2 is 2.11 bits per heavy atom. The van der Waals surface area contributed by atoms with Crippen LogP contribution in [0.25, 0.3) is 22.4 Å². The van der Waals surface area contributed by atoms with Gasteiger partial charge in [0.1, 0.15) is 11.8 Å². The molecule has 0 atom stereocenters. The maximum atomic E-state index is 5.55. The number of hydrogen-bond acceptors (Lipinski definition) is 3. The number of rotatable bonds is 2. The first kappa shape index (κ1) is 11.2. The van der Waals surface area contributed by atoms with E-state index >= 15 is 0 Å². The maximum absolute atomic E-state index is 5.55. The predicted molar refractivity (Wildman–Crippen MR) is 73.0 cm³/mol. The van der Waals surface area contributed by atoms with Crippen molar-refractivity contribution in [2.45, 2.75) is 19.9 Å². The zero-order chi connectivity index (χ0) is 12.7. The van der Waals surface area contributed by atoms with Crippen molar-refractivity contribution in [2.24, 2.45) is 0 Å². The summed E-state index contributed by atoms with van der Waals surface area (Å²) in [5, 5.41) is 8.21. The number of benzene rings is 1. The molecule has 0 radical (unpaired) electrons. The van der Waals surface area contributed by atoms with E-state index in [4.69, 9.17) is 16.6 Å². The van der Waals surface area contributed by atoms with Gasteiger partial charge in [0.2, 0.25) is 0 Å². The summed E-state index contributed by atoms with van der Waals surface area (Å²) in [6, 6.07) is 8.16. The van der Waals surface area contributed by atoms with E-state index < -0.39 is 0 Å². The van der Waals surface area contributed by atoms with Gasteiger partial charge in [-0.25, -0.2) is 0 Å². The molecule has 0 unspecified atom stereocenters. The lowest BCUT2D eigenvalue weighted by Gasteiger charge is -2.08. The highest BCUT2D eigenvalue weighted by Crippen LogP contribution is 2.30. The zero-order valence-electron chi connectivity index (χ0n) is 10.2. The molecule has 0 bridgehead atoms.